The van der Waals surface area contributed by atoms with Crippen molar-refractivity contribution >= 4 is 16.3 Å². The topological polar surface area (TPSA) is 9.23 Å². The molecule has 0 aromatic heterocycles. The van der Waals surface area contributed by atoms with E-state index in [1.54, 1.807) is 0 Å². The molecule has 0 amide bonds. The zero-order chi connectivity index (χ0) is 10.2. The van der Waals surface area contributed by atoms with Crippen LogP contribution >= 0.6 is 0 Å². The fraction of sp³-hybridized carbons (Fsp3) is 0.333. The summed E-state index contributed by atoms with van der Waals surface area (Å²) < 4.78 is 5.58. The van der Waals surface area contributed by atoms with E-state index in [9.17, 15) is 0 Å². The number of benzene rings is 1. The molecule has 0 aliphatic heterocycles. The summed E-state index contributed by atoms with van der Waals surface area (Å²) in [5.41, 5.74) is 2.41. The summed E-state index contributed by atoms with van der Waals surface area (Å²) in [5, 5.41) is 0. The molecule has 0 saturated carbocycles. The second-order valence-electron chi connectivity index (χ2n) is 3.31. The highest BCUT2D eigenvalue weighted by atomic mass is 28.1. The first kappa shape index (κ1) is 11.2. The summed E-state index contributed by atoms with van der Waals surface area (Å²) in [4.78, 5) is 0. The van der Waals surface area contributed by atoms with Crippen molar-refractivity contribution in [2.75, 3.05) is 6.61 Å². The Morgan fingerprint density at radius 2 is 2.14 bits per heavy atom. The van der Waals surface area contributed by atoms with Gasteiger partial charge in [0.1, 0.15) is 0 Å². The summed E-state index contributed by atoms with van der Waals surface area (Å²) in [6.07, 6.45) is 3.08. The fourth-order valence-electron chi connectivity index (χ4n) is 1.29. The minimum absolute atomic E-state index is 0.712. The van der Waals surface area contributed by atoms with Crippen molar-refractivity contribution in [1.29, 1.82) is 0 Å². The first-order valence-electron chi connectivity index (χ1n) is 5.16. The molecule has 1 aromatic carbocycles. The van der Waals surface area contributed by atoms with Gasteiger partial charge in [-0.15, -0.1) is 0 Å². The predicted molar refractivity (Wildman–Crippen MR) is 65.6 cm³/mol. The van der Waals surface area contributed by atoms with Gasteiger partial charge in [0.05, 0.1) is 6.61 Å². The molecular weight excluding hydrogens is 188 g/mol. The molecule has 0 fully saturated rings. The van der Waals surface area contributed by atoms with E-state index in [-0.39, 0.29) is 0 Å². The lowest BCUT2D eigenvalue weighted by Gasteiger charge is -2.06. The molecule has 0 aliphatic carbocycles. The first-order chi connectivity index (χ1) is 6.88. The lowest BCUT2D eigenvalue weighted by molar-refractivity contribution is 0.121. The normalized spacial score (nSPS) is 10.3. The van der Waals surface area contributed by atoms with Gasteiger partial charge in [0.15, 0.2) is 0 Å². The van der Waals surface area contributed by atoms with Crippen molar-refractivity contribution in [3.05, 3.63) is 42.0 Å². The summed E-state index contributed by atoms with van der Waals surface area (Å²) in [7, 11) is 1.28. The number of hydrogen-bond donors (Lipinski definition) is 0. The quantitative estimate of drug-likeness (QED) is 0.511. The molecule has 0 N–H and O–H groups in total. The van der Waals surface area contributed by atoms with Gasteiger partial charge in [-0.25, -0.2) is 0 Å². The maximum absolute atomic E-state index is 5.58. The van der Waals surface area contributed by atoms with Crippen molar-refractivity contribution in [1.82, 2.24) is 0 Å². The molecule has 14 heavy (non-hydrogen) atoms. The Balaban J connectivity index is 2.45. The van der Waals surface area contributed by atoms with Gasteiger partial charge in [-0.2, -0.15) is 0 Å². The zero-order valence-electron chi connectivity index (χ0n) is 8.83. The molecule has 0 radical (unpaired) electrons. The third-order valence-electron chi connectivity index (χ3n) is 2.17. The average Bonchev–Trinajstić information content (AvgIpc) is 2.25. The summed E-state index contributed by atoms with van der Waals surface area (Å²) in [6.45, 7) is 5.38. The minimum Gasteiger partial charge on any atom is -0.377 e. The van der Waals surface area contributed by atoms with Crippen molar-refractivity contribution in [3.8, 4) is 0 Å². The van der Waals surface area contributed by atoms with Gasteiger partial charge < -0.3 is 4.74 Å². The number of ether oxygens (including phenoxy) is 1. The average molecular weight is 206 g/mol. The molecule has 1 aromatic rings. The van der Waals surface area contributed by atoms with E-state index in [1.807, 2.05) is 18.2 Å². The Labute approximate surface area is 89.2 Å². The van der Waals surface area contributed by atoms with Crippen LogP contribution in [0.4, 0.5) is 0 Å². The van der Waals surface area contributed by atoms with Gasteiger partial charge in [-0.3, -0.25) is 0 Å². The highest BCUT2D eigenvalue weighted by Crippen LogP contribution is 2.11. The lowest BCUT2D eigenvalue weighted by Crippen LogP contribution is -1.96. The van der Waals surface area contributed by atoms with E-state index >= 15 is 0 Å². The molecule has 0 unspecified atom stereocenters. The second kappa shape index (κ2) is 6.57. The van der Waals surface area contributed by atoms with Crippen LogP contribution in [0.1, 0.15) is 17.5 Å². The first-order valence-corrected chi connectivity index (χ1v) is 6.58. The van der Waals surface area contributed by atoms with Crippen LogP contribution in [0.3, 0.4) is 0 Å². The highest BCUT2D eigenvalue weighted by Gasteiger charge is 1.97. The van der Waals surface area contributed by atoms with Gasteiger partial charge in [-0.1, -0.05) is 43.0 Å². The largest absolute Gasteiger partial charge is 0.377 e. The van der Waals surface area contributed by atoms with Crippen molar-refractivity contribution in [2.24, 2.45) is 0 Å². The minimum atomic E-state index is 0.712. The van der Waals surface area contributed by atoms with Crippen LogP contribution in [0.5, 0.6) is 0 Å². The van der Waals surface area contributed by atoms with Crippen LogP contribution in [0.15, 0.2) is 30.8 Å². The molecular formula is C12H18OSi. The van der Waals surface area contributed by atoms with Gasteiger partial charge in [0, 0.05) is 16.8 Å². The van der Waals surface area contributed by atoms with Crippen LogP contribution in [0.2, 0.25) is 6.04 Å². The van der Waals surface area contributed by atoms with Crippen LogP contribution < -0.4 is 0 Å². The van der Waals surface area contributed by atoms with Crippen molar-refractivity contribution in [2.45, 2.75) is 19.1 Å². The monoisotopic (exact) mass is 206 g/mol. The van der Waals surface area contributed by atoms with Crippen LogP contribution in [-0.4, -0.2) is 16.8 Å². The van der Waals surface area contributed by atoms with E-state index < -0.39 is 0 Å². The van der Waals surface area contributed by atoms with Crippen LogP contribution in [0.25, 0.3) is 6.08 Å². The standard InChI is InChI=1S/C12H18OSi/c1-2-11-6-3-4-7-12(11)10-13-8-5-9-14/h2-4,6-7H,1,5,8-10H2,14H3. The van der Waals surface area contributed by atoms with E-state index in [0.29, 0.717) is 6.61 Å². The Morgan fingerprint density at radius 3 is 2.86 bits per heavy atom. The Bertz CT molecular complexity index is 283. The van der Waals surface area contributed by atoms with Crippen molar-refractivity contribution in [3.63, 3.8) is 0 Å². The van der Waals surface area contributed by atoms with Crippen molar-refractivity contribution < 1.29 is 4.74 Å². The third-order valence-corrected chi connectivity index (χ3v) is 2.88. The molecule has 0 spiro atoms. The Hall–Kier alpha value is -0.863. The van der Waals surface area contributed by atoms with Gasteiger partial charge in [0.2, 0.25) is 0 Å². The lowest BCUT2D eigenvalue weighted by atomic mass is 10.1. The fourth-order valence-corrected chi connectivity index (χ4v) is 1.58. The summed E-state index contributed by atoms with van der Waals surface area (Å²) in [6, 6.07) is 9.55. The molecule has 0 saturated heterocycles. The Morgan fingerprint density at radius 1 is 1.36 bits per heavy atom. The van der Waals surface area contributed by atoms with Gasteiger partial charge in [-0.05, 0) is 17.5 Å². The number of rotatable bonds is 6. The summed E-state index contributed by atoms with van der Waals surface area (Å²) in [5.74, 6) is 0. The van der Waals surface area contributed by atoms with E-state index in [0.717, 1.165) is 6.61 Å². The molecule has 0 atom stereocenters. The third kappa shape index (κ3) is 3.48. The zero-order valence-corrected chi connectivity index (χ0v) is 10.8. The van der Waals surface area contributed by atoms with E-state index in [2.05, 4.69) is 18.7 Å². The van der Waals surface area contributed by atoms with Gasteiger partial charge >= 0.3 is 0 Å². The van der Waals surface area contributed by atoms with E-state index in [4.69, 9.17) is 4.74 Å². The Kier molecular flexibility index (Phi) is 5.26. The van der Waals surface area contributed by atoms with Crippen LogP contribution in [0, 0.1) is 0 Å². The molecule has 76 valence electrons. The second-order valence-corrected chi connectivity index (χ2v) is 4.31. The van der Waals surface area contributed by atoms with Gasteiger partial charge in [0.25, 0.3) is 0 Å². The molecule has 1 rings (SSSR count). The van der Waals surface area contributed by atoms with Crippen LogP contribution in [-0.2, 0) is 11.3 Å². The molecule has 0 bridgehead atoms. The SMILES string of the molecule is C=Cc1ccccc1COCCC[SiH3]. The highest BCUT2D eigenvalue weighted by molar-refractivity contribution is 6.08. The number of hydrogen-bond acceptors (Lipinski definition) is 1. The maximum atomic E-state index is 5.58. The predicted octanol–water partition coefficient (Wildman–Crippen LogP) is 2.02. The smallest absolute Gasteiger partial charge is 0.0722 e. The molecule has 0 heterocycles. The molecule has 2 heteroatoms. The maximum Gasteiger partial charge on any atom is 0.0722 e. The van der Waals surface area contributed by atoms with E-state index in [1.165, 1.54) is 33.8 Å². The molecule has 1 nitrogen and oxygen atoms in total. The molecule has 0 aliphatic rings. The summed E-state index contributed by atoms with van der Waals surface area (Å²) >= 11 is 0.